The first-order valence-corrected chi connectivity index (χ1v) is 13.2. The van der Waals surface area contributed by atoms with Gasteiger partial charge in [-0.1, -0.05) is 65.3 Å². The predicted molar refractivity (Wildman–Crippen MR) is 127 cm³/mol. The Bertz CT molecular complexity index is 638. The van der Waals surface area contributed by atoms with Gasteiger partial charge in [0.05, 0.1) is 0 Å². The maximum absolute atomic E-state index is 2.71. The molecule has 3 fully saturated rings. The van der Waals surface area contributed by atoms with E-state index in [1.165, 1.54) is 64.2 Å². The Morgan fingerprint density at radius 3 is 2.52 bits per heavy atom. The quantitative estimate of drug-likeness (QED) is 0.407. The fourth-order valence-corrected chi connectivity index (χ4v) is 8.94. The van der Waals surface area contributed by atoms with Crippen molar-refractivity contribution in [3.63, 3.8) is 0 Å². The van der Waals surface area contributed by atoms with Crippen LogP contribution < -0.4 is 0 Å². The van der Waals surface area contributed by atoms with Gasteiger partial charge in [-0.2, -0.15) is 0 Å². The summed E-state index contributed by atoms with van der Waals surface area (Å²) in [4.78, 5) is 0. The monoisotopic (exact) mass is 396 g/mol. The summed E-state index contributed by atoms with van der Waals surface area (Å²) in [5, 5.41) is 0. The van der Waals surface area contributed by atoms with Crippen molar-refractivity contribution in [1.82, 2.24) is 0 Å². The van der Waals surface area contributed by atoms with Gasteiger partial charge in [-0.25, -0.2) is 0 Å². The van der Waals surface area contributed by atoms with E-state index in [0.29, 0.717) is 10.8 Å². The largest absolute Gasteiger partial charge is 0.0851 e. The molecule has 164 valence electrons. The summed E-state index contributed by atoms with van der Waals surface area (Å²) >= 11 is 0. The van der Waals surface area contributed by atoms with Crippen molar-refractivity contribution in [1.29, 1.82) is 0 Å². The van der Waals surface area contributed by atoms with Crippen molar-refractivity contribution in [3.8, 4) is 0 Å². The van der Waals surface area contributed by atoms with E-state index in [4.69, 9.17) is 0 Å². The molecule has 0 aromatic heterocycles. The average molecular weight is 397 g/mol. The highest BCUT2D eigenvalue weighted by Crippen LogP contribution is 2.67. The van der Waals surface area contributed by atoms with Crippen molar-refractivity contribution >= 4 is 0 Å². The van der Waals surface area contributed by atoms with Crippen molar-refractivity contribution in [3.05, 3.63) is 23.8 Å². The van der Waals surface area contributed by atoms with Crippen molar-refractivity contribution in [2.75, 3.05) is 0 Å². The molecular weight excluding hydrogens is 348 g/mol. The van der Waals surface area contributed by atoms with Crippen LogP contribution in [0.3, 0.4) is 0 Å². The van der Waals surface area contributed by atoms with Gasteiger partial charge in [-0.05, 0) is 116 Å². The lowest BCUT2D eigenvalue weighted by Crippen LogP contribution is -2.50. The first kappa shape index (κ1) is 21.7. The minimum Gasteiger partial charge on any atom is -0.0851 e. The van der Waals surface area contributed by atoms with Gasteiger partial charge in [-0.3, -0.25) is 0 Å². The van der Waals surface area contributed by atoms with Gasteiger partial charge in [0, 0.05) is 0 Å². The Hall–Kier alpha value is -0.520. The van der Waals surface area contributed by atoms with Crippen LogP contribution in [0.25, 0.3) is 0 Å². The van der Waals surface area contributed by atoms with Gasteiger partial charge >= 0.3 is 0 Å². The van der Waals surface area contributed by atoms with Gasteiger partial charge in [0.25, 0.3) is 0 Å². The summed E-state index contributed by atoms with van der Waals surface area (Å²) in [6.07, 6.45) is 22.3. The third-order valence-electron chi connectivity index (χ3n) is 10.7. The zero-order chi connectivity index (χ0) is 20.8. The average Bonchev–Trinajstić information content (AvgIpc) is 3.05. The first-order valence-electron chi connectivity index (χ1n) is 13.2. The normalized spacial score (nSPS) is 44.2. The second kappa shape index (κ2) is 8.20. The fraction of sp³-hybridized carbons (Fsp3) is 0.862. The van der Waals surface area contributed by atoms with Gasteiger partial charge in [0.2, 0.25) is 0 Å². The van der Waals surface area contributed by atoms with E-state index in [-0.39, 0.29) is 0 Å². The van der Waals surface area contributed by atoms with E-state index in [9.17, 15) is 0 Å². The summed E-state index contributed by atoms with van der Waals surface area (Å²) in [5.74, 6) is 6.17. The molecular formula is C29H48. The minimum atomic E-state index is 0.553. The molecule has 0 heterocycles. The fourth-order valence-electron chi connectivity index (χ4n) is 8.94. The van der Waals surface area contributed by atoms with Crippen LogP contribution in [0.2, 0.25) is 0 Å². The maximum atomic E-state index is 2.71. The maximum Gasteiger partial charge on any atom is -0.00853 e. The molecule has 0 spiro atoms. The molecule has 0 saturated heterocycles. The number of hydrogen-bond acceptors (Lipinski definition) is 0. The Balaban J connectivity index is 1.51. The Morgan fingerprint density at radius 2 is 1.79 bits per heavy atom. The number of hydrogen-bond donors (Lipinski definition) is 0. The molecule has 0 unspecified atom stereocenters. The molecule has 4 aliphatic rings. The van der Waals surface area contributed by atoms with Crippen molar-refractivity contribution in [2.45, 2.75) is 106 Å². The standard InChI is InChI=1S/C29H48/c1-7-22(20(2)3)12-11-21(4)25-15-16-26-24-14-13-23-10-8-9-18-28(23,5)27(24)17-19-29(25,26)6/h10-12,20-22,24-27H,7-9,13-19H2,1-6H3/t21-,22-,24+,25-,26+,27+,28+,29-/m1/s1. The Morgan fingerprint density at radius 1 is 1.00 bits per heavy atom. The molecule has 0 heteroatoms. The van der Waals surface area contributed by atoms with E-state index in [2.05, 4.69) is 59.8 Å². The molecule has 29 heavy (non-hydrogen) atoms. The summed E-state index contributed by atoms with van der Waals surface area (Å²) in [6, 6.07) is 0. The smallest absolute Gasteiger partial charge is 0.00853 e. The van der Waals surface area contributed by atoms with Crippen LogP contribution >= 0.6 is 0 Å². The molecule has 4 aliphatic carbocycles. The molecule has 0 bridgehead atoms. The number of fused-ring (bicyclic) bond motifs is 5. The highest BCUT2D eigenvalue weighted by molar-refractivity contribution is 5.24. The third-order valence-corrected chi connectivity index (χ3v) is 10.7. The molecule has 0 N–H and O–H groups in total. The van der Waals surface area contributed by atoms with Crippen molar-refractivity contribution in [2.24, 2.45) is 52.3 Å². The number of rotatable bonds is 5. The van der Waals surface area contributed by atoms with Gasteiger partial charge in [0.15, 0.2) is 0 Å². The molecule has 0 amide bonds. The summed E-state index contributed by atoms with van der Waals surface area (Å²) in [7, 11) is 0. The first-order chi connectivity index (χ1) is 13.8. The number of allylic oxidation sites excluding steroid dienone is 4. The van der Waals surface area contributed by atoms with Crippen molar-refractivity contribution < 1.29 is 0 Å². The molecule has 3 saturated carbocycles. The highest BCUT2D eigenvalue weighted by atomic mass is 14.6. The topological polar surface area (TPSA) is 0 Å². The molecule has 4 rings (SSSR count). The highest BCUT2D eigenvalue weighted by Gasteiger charge is 2.58. The lowest BCUT2D eigenvalue weighted by molar-refractivity contribution is -0.0558. The van der Waals surface area contributed by atoms with Crippen LogP contribution in [0.4, 0.5) is 0 Å². The zero-order valence-electron chi connectivity index (χ0n) is 20.3. The zero-order valence-corrected chi connectivity index (χ0v) is 20.3. The Labute approximate surface area is 182 Å². The van der Waals surface area contributed by atoms with E-state index >= 15 is 0 Å². The van der Waals surface area contributed by atoms with Crippen LogP contribution in [0.1, 0.15) is 106 Å². The van der Waals surface area contributed by atoms with Crippen LogP contribution in [-0.2, 0) is 0 Å². The van der Waals surface area contributed by atoms with E-state index in [1.807, 2.05) is 5.57 Å². The lowest BCUT2D eigenvalue weighted by Gasteiger charge is -2.58. The molecule has 0 aromatic rings. The lowest BCUT2D eigenvalue weighted by atomic mass is 9.46. The second-order valence-electron chi connectivity index (χ2n) is 12.2. The van der Waals surface area contributed by atoms with E-state index < -0.39 is 0 Å². The summed E-state index contributed by atoms with van der Waals surface area (Å²) < 4.78 is 0. The van der Waals surface area contributed by atoms with Crippen LogP contribution in [0.5, 0.6) is 0 Å². The molecule has 0 aliphatic heterocycles. The molecule has 8 atom stereocenters. The third kappa shape index (κ3) is 3.59. The molecule has 0 aromatic carbocycles. The van der Waals surface area contributed by atoms with Gasteiger partial charge in [0.1, 0.15) is 0 Å². The summed E-state index contributed by atoms with van der Waals surface area (Å²) in [5.41, 5.74) is 3.01. The SMILES string of the molecule is CC[C@H](C=C[C@@H](C)[C@H]1CC[C@H]2[C@@H]3CCC4=CCCC[C@]4(C)[C@H]3CC[C@]12C)C(C)C. The van der Waals surface area contributed by atoms with Gasteiger partial charge < -0.3 is 0 Å². The molecule has 0 radical (unpaired) electrons. The van der Waals surface area contributed by atoms with E-state index in [0.717, 1.165) is 41.4 Å². The predicted octanol–water partition coefficient (Wildman–Crippen LogP) is 8.83. The van der Waals surface area contributed by atoms with Crippen LogP contribution in [-0.4, -0.2) is 0 Å². The molecule has 0 nitrogen and oxygen atoms in total. The van der Waals surface area contributed by atoms with Crippen LogP contribution in [0.15, 0.2) is 23.8 Å². The van der Waals surface area contributed by atoms with Crippen LogP contribution in [0, 0.1) is 52.3 Å². The van der Waals surface area contributed by atoms with Gasteiger partial charge in [-0.15, -0.1) is 0 Å². The summed E-state index contributed by atoms with van der Waals surface area (Å²) in [6.45, 7) is 15.0. The van der Waals surface area contributed by atoms with E-state index in [1.54, 1.807) is 0 Å². The second-order valence-corrected chi connectivity index (χ2v) is 12.2. The minimum absolute atomic E-state index is 0.553. The Kier molecular flexibility index (Phi) is 6.14.